The highest BCUT2D eigenvalue weighted by atomic mass is 19.2. The van der Waals surface area contributed by atoms with Crippen molar-refractivity contribution in [2.75, 3.05) is 5.32 Å². The number of carbonyl (C=O) groups excluding carboxylic acids is 2. The second-order valence-electron chi connectivity index (χ2n) is 7.10. The van der Waals surface area contributed by atoms with Crippen molar-refractivity contribution in [2.45, 2.75) is 26.2 Å². The van der Waals surface area contributed by atoms with Gasteiger partial charge in [-0.15, -0.1) is 0 Å². The fourth-order valence-electron chi connectivity index (χ4n) is 3.62. The monoisotopic (exact) mass is 414 g/mol. The number of carbonyl (C=O) groups is 2. The summed E-state index contributed by atoms with van der Waals surface area (Å²) in [4.78, 5) is 24.6. The van der Waals surface area contributed by atoms with Crippen LogP contribution in [0.5, 0.6) is 0 Å². The standard InChI is InChI=1S/C21H17F3N4O2/c1-10-7-17(13(20(25)29)9-15(10)23)26-21(30)19-12-3-2-4-18(12)28(27-19)11-5-6-14(22)16(24)8-11/h5-9H,2-4H2,1H3,(H2,25,29)(H,26,30). The average Bonchev–Trinajstić information content (AvgIpc) is 3.29. The first kappa shape index (κ1) is 19.7. The number of rotatable bonds is 4. The number of benzene rings is 2. The van der Waals surface area contributed by atoms with Crippen LogP contribution >= 0.6 is 0 Å². The Balaban J connectivity index is 1.74. The van der Waals surface area contributed by atoms with Gasteiger partial charge >= 0.3 is 0 Å². The average molecular weight is 414 g/mol. The maximum Gasteiger partial charge on any atom is 0.276 e. The number of amides is 2. The second kappa shape index (κ2) is 7.33. The van der Waals surface area contributed by atoms with Crippen molar-refractivity contribution < 1.29 is 22.8 Å². The minimum absolute atomic E-state index is 0.0699. The molecular formula is C21H17F3N4O2. The normalized spacial score (nSPS) is 12.7. The Bertz CT molecular complexity index is 1200. The zero-order valence-corrected chi connectivity index (χ0v) is 15.9. The molecule has 1 heterocycles. The van der Waals surface area contributed by atoms with Gasteiger partial charge in [0.25, 0.3) is 11.8 Å². The van der Waals surface area contributed by atoms with Crippen LogP contribution < -0.4 is 11.1 Å². The molecular weight excluding hydrogens is 397 g/mol. The van der Waals surface area contributed by atoms with E-state index in [9.17, 15) is 22.8 Å². The van der Waals surface area contributed by atoms with Gasteiger partial charge in [-0.1, -0.05) is 0 Å². The second-order valence-corrected chi connectivity index (χ2v) is 7.10. The van der Waals surface area contributed by atoms with E-state index < -0.39 is 29.3 Å². The lowest BCUT2D eigenvalue weighted by Gasteiger charge is -2.10. The summed E-state index contributed by atoms with van der Waals surface area (Å²) in [5.41, 5.74) is 7.26. The van der Waals surface area contributed by atoms with E-state index in [2.05, 4.69) is 10.4 Å². The SMILES string of the molecule is Cc1cc(NC(=O)c2nn(-c3ccc(F)c(F)c3)c3c2CCC3)c(C(N)=O)cc1F. The fourth-order valence-corrected chi connectivity index (χ4v) is 3.62. The van der Waals surface area contributed by atoms with Crippen molar-refractivity contribution in [2.24, 2.45) is 5.73 Å². The van der Waals surface area contributed by atoms with Crippen molar-refractivity contribution >= 4 is 17.5 Å². The topological polar surface area (TPSA) is 90.0 Å². The zero-order chi connectivity index (χ0) is 21.6. The molecule has 1 aromatic heterocycles. The van der Waals surface area contributed by atoms with Crippen molar-refractivity contribution in [3.8, 4) is 5.69 Å². The molecule has 0 saturated carbocycles. The number of primary amides is 1. The third-order valence-electron chi connectivity index (χ3n) is 5.11. The molecule has 6 nitrogen and oxygen atoms in total. The van der Waals surface area contributed by atoms with Crippen LogP contribution in [0.3, 0.4) is 0 Å². The Morgan fingerprint density at radius 3 is 2.53 bits per heavy atom. The number of nitrogens with two attached hydrogens (primary N) is 1. The van der Waals surface area contributed by atoms with Gasteiger partial charge in [-0.3, -0.25) is 9.59 Å². The third-order valence-corrected chi connectivity index (χ3v) is 5.11. The quantitative estimate of drug-likeness (QED) is 0.685. The highest BCUT2D eigenvalue weighted by Crippen LogP contribution is 2.29. The van der Waals surface area contributed by atoms with E-state index in [-0.39, 0.29) is 22.5 Å². The molecule has 0 spiro atoms. The lowest BCUT2D eigenvalue weighted by molar-refractivity contribution is 0.100. The van der Waals surface area contributed by atoms with E-state index >= 15 is 0 Å². The van der Waals surface area contributed by atoms with Gasteiger partial charge in [0.2, 0.25) is 0 Å². The summed E-state index contributed by atoms with van der Waals surface area (Å²) in [7, 11) is 0. The lowest BCUT2D eigenvalue weighted by atomic mass is 10.1. The largest absolute Gasteiger partial charge is 0.366 e. The molecule has 0 unspecified atom stereocenters. The van der Waals surface area contributed by atoms with Gasteiger partial charge in [0.15, 0.2) is 17.3 Å². The molecule has 4 rings (SSSR count). The minimum atomic E-state index is -1.02. The van der Waals surface area contributed by atoms with E-state index in [4.69, 9.17) is 5.73 Å². The van der Waals surface area contributed by atoms with Crippen LogP contribution in [0.4, 0.5) is 18.9 Å². The predicted octanol–water partition coefficient (Wildman–Crippen LogP) is 3.44. The van der Waals surface area contributed by atoms with Crippen LogP contribution in [0.1, 0.15) is 44.1 Å². The molecule has 0 fully saturated rings. The minimum Gasteiger partial charge on any atom is -0.366 e. The fraction of sp³-hybridized carbons (Fsp3) is 0.190. The number of aromatic nitrogens is 2. The number of hydrogen-bond donors (Lipinski definition) is 2. The number of nitrogens with one attached hydrogen (secondary N) is 1. The van der Waals surface area contributed by atoms with Gasteiger partial charge in [0, 0.05) is 17.3 Å². The van der Waals surface area contributed by atoms with Gasteiger partial charge in [-0.25, -0.2) is 17.9 Å². The number of halogens is 3. The number of nitrogens with zero attached hydrogens (tertiary/aromatic N) is 2. The molecule has 2 aromatic carbocycles. The van der Waals surface area contributed by atoms with Crippen molar-refractivity contribution in [3.05, 3.63) is 75.9 Å². The summed E-state index contributed by atoms with van der Waals surface area (Å²) in [6.45, 7) is 1.49. The van der Waals surface area contributed by atoms with E-state index in [0.29, 0.717) is 24.1 Å². The van der Waals surface area contributed by atoms with Gasteiger partial charge in [0.05, 0.1) is 16.9 Å². The number of fused-ring (bicyclic) bond motifs is 1. The molecule has 1 aliphatic carbocycles. The Kier molecular flexibility index (Phi) is 4.81. The molecule has 0 bridgehead atoms. The molecule has 0 saturated heterocycles. The van der Waals surface area contributed by atoms with E-state index in [1.54, 1.807) is 0 Å². The molecule has 30 heavy (non-hydrogen) atoms. The summed E-state index contributed by atoms with van der Waals surface area (Å²) < 4.78 is 42.2. The van der Waals surface area contributed by atoms with E-state index in [0.717, 1.165) is 30.3 Å². The summed E-state index contributed by atoms with van der Waals surface area (Å²) in [6, 6.07) is 5.67. The van der Waals surface area contributed by atoms with Gasteiger partial charge in [-0.05, 0) is 56.0 Å². The maximum atomic E-state index is 13.8. The molecule has 0 atom stereocenters. The molecule has 0 radical (unpaired) electrons. The lowest BCUT2D eigenvalue weighted by Crippen LogP contribution is -2.20. The first-order valence-electron chi connectivity index (χ1n) is 9.23. The smallest absolute Gasteiger partial charge is 0.276 e. The highest BCUT2D eigenvalue weighted by Gasteiger charge is 2.28. The number of hydrogen-bond acceptors (Lipinski definition) is 3. The molecule has 0 aliphatic heterocycles. The highest BCUT2D eigenvalue weighted by molar-refractivity contribution is 6.08. The molecule has 1 aliphatic rings. The van der Waals surface area contributed by atoms with Crippen molar-refractivity contribution in [1.82, 2.24) is 9.78 Å². The Labute approximate surface area is 169 Å². The molecule has 9 heteroatoms. The molecule has 3 aromatic rings. The van der Waals surface area contributed by atoms with Crippen LogP contribution in [0.2, 0.25) is 0 Å². The van der Waals surface area contributed by atoms with E-state index in [1.807, 2.05) is 0 Å². The summed E-state index contributed by atoms with van der Waals surface area (Å²) in [5.74, 6) is -4.12. The summed E-state index contributed by atoms with van der Waals surface area (Å²) in [6.07, 6.45) is 1.99. The van der Waals surface area contributed by atoms with Crippen molar-refractivity contribution in [3.63, 3.8) is 0 Å². The predicted molar refractivity (Wildman–Crippen MR) is 103 cm³/mol. The molecule has 3 N–H and O–H groups in total. The zero-order valence-electron chi connectivity index (χ0n) is 15.9. The molecule has 2 amide bonds. The number of aryl methyl sites for hydroxylation is 1. The van der Waals surface area contributed by atoms with Gasteiger partial charge < -0.3 is 11.1 Å². The van der Waals surface area contributed by atoms with Crippen LogP contribution in [0.15, 0.2) is 30.3 Å². The Morgan fingerprint density at radius 1 is 1.07 bits per heavy atom. The maximum absolute atomic E-state index is 13.8. The van der Waals surface area contributed by atoms with Gasteiger partial charge in [-0.2, -0.15) is 5.10 Å². The van der Waals surface area contributed by atoms with Crippen molar-refractivity contribution in [1.29, 1.82) is 0 Å². The first-order valence-corrected chi connectivity index (χ1v) is 9.23. The third kappa shape index (κ3) is 3.32. The molecule has 154 valence electrons. The van der Waals surface area contributed by atoms with Crippen LogP contribution in [0, 0.1) is 24.4 Å². The van der Waals surface area contributed by atoms with Crippen LogP contribution in [0.25, 0.3) is 5.69 Å². The first-order chi connectivity index (χ1) is 14.3. The van der Waals surface area contributed by atoms with Crippen LogP contribution in [-0.2, 0) is 12.8 Å². The van der Waals surface area contributed by atoms with Crippen LogP contribution in [-0.4, -0.2) is 21.6 Å². The number of anilines is 1. The summed E-state index contributed by atoms with van der Waals surface area (Å²) >= 11 is 0. The Morgan fingerprint density at radius 2 is 1.83 bits per heavy atom. The summed E-state index contributed by atoms with van der Waals surface area (Å²) in [5, 5.41) is 6.88. The van der Waals surface area contributed by atoms with Gasteiger partial charge in [0.1, 0.15) is 5.82 Å². The Hall–Kier alpha value is -3.62. The van der Waals surface area contributed by atoms with E-state index in [1.165, 1.54) is 23.7 Å².